The number of carbonyl (C=O) groups is 2. The average Bonchev–Trinajstić information content (AvgIpc) is 3.21. The van der Waals surface area contributed by atoms with Crippen LogP contribution in [0.2, 0.25) is 0 Å². The number of rotatable bonds is 4. The standard InChI is InChI=1S/C24H15N3O3S2/c28-22-18(14-21-25-19-8-4-5-9-20(19)32-21)23(29)27(24(31)26-22)15-10-12-17(13-11-15)30-16-6-2-1-3-7-16/h1-14H,(H,26,28,31). The number of thiazole rings is 1. The average molecular weight is 458 g/mol. The minimum atomic E-state index is -0.542. The number of anilines is 1. The minimum Gasteiger partial charge on any atom is -0.457 e. The molecule has 8 heteroatoms. The van der Waals surface area contributed by atoms with Gasteiger partial charge in [-0.05, 0) is 66.8 Å². The fourth-order valence-electron chi connectivity index (χ4n) is 3.26. The molecule has 2 heterocycles. The second-order valence-electron chi connectivity index (χ2n) is 6.89. The monoisotopic (exact) mass is 457 g/mol. The van der Waals surface area contributed by atoms with E-state index in [1.807, 2.05) is 54.6 Å². The van der Waals surface area contributed by atoms with E-state index in [4.69, 9.17) is 17.0 Å². The number of nitrogens with zero attached hydrogens (tertiary/aromatic N) is 2. The first-order chi connectivity index (χ1) is 15.6. The largest absolute Gasteiger partial charge is 0.457 e. The highest BCUT2D eigenvalue weighted by Crippen LogP contribution is 2.28. The number of thiocarbonyl (C=S) groups is 1. The van der Waals surface area contributed by atoms with Crippen LogP contribution in [0.1, 0.15) is 5.01 Å². The zero-order valence-electron chi connectivity index (χ0n) is 16.5. The molecule has 1 fully saturated rings. The lowest BCUT2D eigenvalue weighted by atomic mass is 10.1. The van der Waals surface area contributed by atoms with Crippen LogP contribution in [0.15, 0.2) is 84.4 Å². The van der Waals surface area contributed by atoms with E-state index in [1.54, 1.807) is 24.3 Å². The van der Waals surface area contributed by atoms with E-state index in [0.29, 0.717) is 22.2 Å². The van der Waals surface area contributed by atoms with E-state index in [1.165, 1.54) is 22.3 Å². The van der Waals surface area contributed by atoms with E-state index in [2.05, 4.69) is 10.3 Å². The van der Waals surface area contributed by atoms with Crippen molar-refractivity contribution < 1.29 is 14.3 Å². The van der Waals surface area contributed by atoms with Crippen LogP contribution in [0.5, 0.6) is 11.5 Å². The molecule has 1 aliphatic rings. The number of aromatic nitrogens is 1. The van der Waals surface area contributed by atoms with Crippen LogP contribution >= 0.6 is 23.6 Å². The molecule has 0 atom stereocenters. The van der Waals surface area contributed by atoms with Gasteiger partial charge in [0.25, 0.3) is 11.8 Å². The maximum atomic E-state index is 13.2. The van der Waals surface area contributed by atoms with Gasteiger partial charge in [-0.3, -0.25) is 19.8 Å². The SMILES string of the molecule is O=C1NC(=S)N(c2ccc(Oc3ccccc3)cc2)C(=O)C1=Cc1nc2ccccc2s1. The van der Waals surface area contributed by atoms with Crippen LogP contribution in [-0.4, -0.2) is 21.9 Å². The summed E-state index contributed by atoms with van der Waals surface area (Å²) >= 11 is 6.68. The second-order valence-corrected chi connectivity index (χ2v) is 8.34. The quantitative estimate of drug-likeness (QED) is 0.268. The van der Waals surface area contributed by atoms with E-state index in [9.17, 15) is 9.59 Å². The van der Waals surface area contributed by atoms with Crippen LogP contribution < -0.4 is 15.0 Å². The van der Waals surface area contributed by atoms with Crippen LogP contribution in [0.3, 0.4) is 0 Å². The smallest absolute Gasteiger partial charge is 0.270 e. The zero-order valence-corrected chi connectivity index (χ0v) is 18.2. The Labute approximate surface area is 192 Å². The van der Waals surface area contributed by atoms with Crippen molar-refractivity contribution in [2.75, 3.05) is 4.90 Å². The predicted molar refractivity (Wildman–Crippen MR) is 129 cm³/mol. The first kappa shape index (κ1) is 20.0. The Kier molecular flexibility index (Phi) is 5.22. The summed E-state index contributed by atoms with van der Waals surface area (Å²) in [6.45, 7) is 0. The van der Waals surface area contributed by atoms with Gasteiger partial charge in [-0.2, -0.15) is 0 Å². The van der Waals surface area contributed by atoms with E-state index in [0.717, 1.165) is 10.2 Å². The molecule has 0 bridgehead atoms. The summed E-state index contributed by atoms with van der Waals surface area (Å²) < 4.78 is 6.77. The maximum absolute atomic E-state index is 13.2. The molecule has 4 aromatic rings. The lowest BCUT2D eigenvalue weighted by Gasteiger charge is -2.28. The number of para-hydroxylation sites is 2. The van der Waals surface area contributed by atoms with Crippen LogP contribution in [-0.2, 0) is 9.59 Å². The molecule has 0 saturated carbocycles. The number of fused-ring (bicyclic) bond motifs is 1. The number of hydrogen-bond donors (Lipinski definition) is 1. The van der Waals surface area contributed by atoms with Crippen LogP contribution in [0, 0.1) is 0 Å². The van der Waals surface area contributed by atoms with E-state index < -0.39 is 11.8 Å². The second kappa shape index (κ2) is 8.33. The highest BCUT2D eigenvalue weighted by molar-refractivity contribution is 7.80. The number of hydrogen-bond acceptors (Lipinski definition) is 6. The molecule has 1 aliphatic heterocycles. The van der Waals surface area contributed by atoms with Gasteiger partial charge in [0.05, 0.1) is 15.9 Å². The molecule has 0 spiro atoms. The summed E-state index contributed by atoms with van der Waals surface area (Å²) in [7, 11) is 0. The number of benzene rings is 3. The zero-order chi connectivity index (χ0) is 22.1. The van der Waals surface area contributed by atoms with Crippen molar-refractivity contribution in [3.05, 3.63) is 89.4 Å². The van der Waals surface area contributed by atoms with Crippen molar-refractivity contribution in [3.63, 3.8) is 0 Å². The first-order valence-corrected chi connectivity index (χ1v) is 10.9. The molecule has 0 unspecified atom stereocenters. The molecule has 6 nitrogen and oxygen atoms in total. The van der Waals surface area contributed by atoms with Crippen molar-refractivity contribution in [1.82, 2.24) is 10.3 Å². The molecular weight excluding hydrogens is 442 g/mol. The predicted octanol–water partition coefficient (Wildman–Crippen LogP) is 4.92. The van der Waals surface area contributed by atoms with E-state index in [-0.39, 0.29) is 10.7 Å². The highest BCUT2D eigenvalue weighted by atomic mass is 32.1. The summed E-state index contributed by atoms with van der Waals surface area (Å²) in [6, 6.07) is 23.9. The molecule has 5 rings (SSSR count). The number of nitrogens with one attached hydrogen (secondary N) is 1. The molecule has 2 amide bonds. The minimum absolute atomic E-state index is 0.0257. The number of amides is 2. The van der Waals surface area contributed by atoms with Gasteiger partial charge in [-0.15, -0.1) is 11.3 Å². The Morgan fingerprint density at radius 2 is 1.59 bits per heavy atom. The third-order valence-corrected chi connectivity index (χ3v) is 6.02. The molecule has 1 aromatic heterocycles. The lowest BCUT2D eigenvalue weighted by Crippen LogP contribution is -2.54. The molecule has 1 N–H and O–H groups in total. The highest BCUT2D eigenvalue weighted by Gasteiger charge is 2.34. The van der Waals surface area contributed by atoms with Crippen molar-refractivity contribution in [1.29, 1.82) is 0 Å². The Hall–Kier alpha value is -3.88. The van der Waals surface area contributed by atoms with Gasteiger partial charge in [-0.1, -0.05) is 30.3 Å². The molecule has 0 radical (unpaired) electrons. The first-order valence-electron chi connectivity index (χ1n) is 9.68. The van der Waals surface area contributed by atoms with Crippen LogP contribution in [0.4, 0.5) is 5.69 Å². The van der Waals surface area contributed by atoms with E-state index >= 15 is 0 Å². The molecule has 156 valence electrons. The van der Waals surface area contributed by atoms with Gasteiger partial charge in [0.1, 0.15) is 22.1 Å². The van der Waals surface area contributed by atoms with Crippen molar-refractivity contribution >= 4 is 62.5 Å². The van der Waals surface area contributed by atoms with Gasteiger partial charge >= 0.3 is 0 Å². The summed E-state index contributed by atoms with van der Waals surface area (Å²) in [6.07, 6.45) is 1.50. The molecule has 0 aliphatic carbocycles. The maximum Gasteiger partial charge on any atom is 0.270 e. The van der Waals surface area contributed by atoms with Gasteiger partial charge in [0, 0.05) is 0 Å². The third-order valence-electron chi connectivity index (χ3n) is 4.75. The van der Waals surface area contributed by atoms with Crippen molar-refractivity contribution in [2.45, 2.75) is 0 Å². The van der Waals surface area contributed by atoms with Gasteiger partial charge in [-0.25, -0.2) is 4.98 Å². The summed E-state index contributed by atoms with van der Waals surface area (Å²) in [4.78, 5) is 31.5. The Balaban J connectivity index is 1.43. The fraction of sp³-hybridized carbons (Fsp3) is 0. The molecular formula is C24H15N3O3S2. The summed E-state index contributed by atoms with van der Waals surface area (Å²) in [5.74, 6) is 0.275. The Morgan fingerprint density at radius 1 is 0.906 bits per heavy atom. The Bertz CT molecular complexity index is 1350. The van der Waals surface area contributed by atoms with Crippen molar-refractivity contribution in [2.24, 2.45) is 0 Å². The molecule has 3 aromatic carbocycles. The van der Waals surface area contributed by atoms with Gasteiger partial charge in [0.15, 0.2) is 5.11 Å². The number of carbonyl (C=O) groups excluding carboxylic acids is 2. The fourth-order valence-corrected chi connectivity index (χ4v) is 4.45. The number of ether oxygens (including phenoxy) is 1. The van der Waals surface area contributed by atoms with Gasteiger partial charge in [0.2, 0.25) is 0 Å². The summed E-state index contributed by atoms with van der Waals surface area (Å²) in [5, 5.41) is 3.19. The lowest BCUT2D eigenvalue weighted by molar-refractivity contribution is -0.122. The van der Waals surface area contributed by atoms with Crippen molar-refractivity contribution in [3.8, 4) is 11.5 Å². The Morgan fingerprint density at radius 3 is 2.34 bits per heavy atom. The molecule has 1 saturated heterocycles. The topological polar surface area (TPSA) is 71.5 Å². The van der Waals surface area contributed by atoms with Gasteiger partial charge < -0.3 is 4.74 Å². The summed E-state index contributed by atoms with van der Waals surface area (Å²) in [5.41, 5.74) is 1.31. The molecule has 32 heavy (non-hydrogen) atoms. The normalized spacial score (nSPS) is 15.3. The van der Waals surface area contributed by atoms with Crippen LogP contribution in [0.25, 0.3) is 16.3 Å². The third kappa shape index (κ3) is 3.89.